The van der Waals surface area contributed by atoms with Gasteiger partial charge in [0.2, 0.25) is 5.95 Å². The second-order valence-corrected chi connectivity index (χ2v) is 12.1. The second kappa shape index (κ2) is 8.28. The highest BCUT2D eigenvalue weighted by Crippen LogP contribution is 2.52. The first-order valence-electron chi connectivity index (χ1n) is 14.6. The van der Waals surface area contributed by atoms with Gasteiger partial charge >= 0.3 is 6.03 Å². The van der Waals surface area contributed by atoms with Crippen LogP contribution in [0.1, 0.15) is 64.6 Å². The van der Waals surface area contributed by atoms with Crippen molar-refractivity contribution in [2.75, 3.05) is 38.1 Å². The third-order valence-electron chi connectivity index (χ3n) is 9.77. The molecule has 2 saturated heterocycles. The van der Waals surface area contributed by atoms with Gasteiger partial charge in [0.15, 0.2) is 0 Å². The molecule has 6 heterocycles. The number of fused-ring (bicyclic) bond motifs is 10. The molecule has 3 fully saturated rings. The zero-order valence-electron chi connectivity index (χ0n) is 22.8. The highest BCUT2D eigenvalue weighted by Gasteiger charge is 2.45. The summed E-state index contributed by atoms with van der Waals surface area (Å²) < 4.78 is 2.39. The third kappa shape index (κ3) is 3.33. The molecular weight excluding hydrogens is 516 g/mol. The number of nitrogens with one attached hydrogen (secondary N) is 1. The molecule has 0 radical (unpaired) electrons. The van der Waals surface area contributed by atoms with E-state index in [9.17, 15) is 9.59 Å². The number of hydrogen-bond acceptors (Lipinski definition) is 6. The SMILES string of the molecule is CN1C(=O)c2cccc(C3CC3)c2[C@H]2C[C@@H]1c1nc3ccc(-c4cnc(N5CCN6C(=O)NCC6C5)nc4)cc3n12. The van der Waals surface area contributed by atoms with Gasteiger partial charge < -0.3 is 24.6 Å². The van der Waals surface area contributed by atoms with Crippen LogP contribution in [0.2, 0.25) is 0 Å². The molecule has 2 bridgehead atoms. The monoisotopic (exact) mass is 546 g/mol. The molecule has 41 heavy (non-hydrogen) atoms. The van der Waals surface area contributed by atoms with E-state index in [1.165, 1.54) is 24.0 Å². The number of carbonyl (C=O) groups is 2. The van der Waals surface area contributed by atoms with Crippen molar-refractivity contribution < 1.29 is 9.59 Å². The molecular formula is C31H30N8O2. The minimum atomic E-state index is -0.0451. The normalized spacial score (nSPS) is 24.8. The Bertz CT molecular complexity index is 1760. The summed E-state index contributed by atoms with van der Waals surface area (Å²) in [6.45, 7) is 2.80. The highest BCUT2D eigenvalue weighted by atomic mass is 16.2. The number of amides is 3. The molecule has 5 aliphatic rings. The molecule has 3 atom stereocenters. The van der Waals surface area contributed by atoms with Crippen molar-refractivity contribution in [2.24, 2.45) is 0 Å². The fourth-order valence-corrected chi connectivity index (χ4v) is 7.50. The average Bonchev–Trinajstić information content (AvgIpc) is 3.59. The van der Waals surface area contributed by atoms with Crippen LogP contribution >= 0.6 is 0 Å². The maximum Gasteiger partial charge on any atom is 0.317 e. The number of urea groups is 1. The average molecular weight is 547 g/mol. The number of aromatic nitrogens is 4. The maximum atomic E-state index is 13.5. The predicted octanol–water partition coefficient (Wildman–Crippen LogP) is 3.70. The smallest absolute Gasteiger partial charge is 0.317 e. The lowest BCUT2D eigenvalue weighted by Gasteiger charge is -2.36. The summed E-state index contributed by atoms with van der Waals surface area (Å²) in [6, 6.07) is 12.9. The largest absolute Gasteiger partial charge is 0.337 e. The Balaban J connectivity index is 1.09. The molecule has 2 aromatic heterocycles. The number of piperazine rings is 1. The first-order valence-corrected chi connectivity index (χ1v) is 14.6. The molecule has 10 nitrogen and oxygen atoms in total. The first-order chi connectivity index (χ1) is 20.0. The minimum Gasteiger partial charge on any atom is -0.337 e. The lowest BCUT2D eigenvalue weighted by molar-refractivity contribution is 0.0734. The van der Waals surface area contributed by atoms with Crippen LogP contribution in [0, 0.1) is 0 Å². The number of nitrogens with zero attached hydrogens (tertiary/aromatic N) is 7. The summed E-state index contributed by atoms with van der Waals surface area (Å²) in [5.74, 6) is 2.32. The Morgan fingerprint density at radius 3 is 2.66 bits per heavy atom. The van der Waals surface area contributed by atoms with Crippen molar-refractivity contribution in [3.05, 3.63) is 71.3 Å². The molecule has 206 valence electrons. The molecule has 4 aliphatic heterocycles. The van der Waals surface area contributed by atoms with Gasteiger partial charge in [-0.3, -0.25) is 4.79 Å². The van der Waals surface area contributed by atoms with E-state index in [0.29, 0.717) is 25.0 Å². The van der Waals surface area contributed by atoms with Crippen LogP contribution in [0.5, 0.6) is 0 Å². The molecule has 1 N–H and O–H groups in total. The number of rotatable bonds is 3. The van der Waals surface area contributed by atoms with Gasteiger partial charge in [0, 0.05) is 63.2 Å². The molecule has 3 amide bonds. The number of benzene rings is 2. The van der Waals surface area contributed by atoms with Crippen LogP contribution in [0.4, 0.5) is 10.7 Å². The van der Waals surface area contributed by atoms with Crippen LogP contribution in [0.25, 0.3) is 22.2 Å². The van der Waals surface area contributed by atoms with Gasteiger partial charge in [-0.25, -0.2) is 19.7 Å². The Hall–Kier alpha value is -4.47. The Morgan fingerprint density at radius 2 is 1.83 bits per heavy atom. The van der Waals surface area contributed by atoms with Gasteiger partial charge in [-0.05, 0) is 53.6 Å². The Kier molecular flexibility index (Phi) is 4.70. The van der Waals surface area contributed by atoms with E-state index in [4.69, 9.17) is 15.0 Å². The quantitative estimate of drug-likeness (QED) is 0.421. The summed E-state index contributed by atoms with van der Waals surface area (Å²) in [6.07, 6.45) is 7.03. The van der Waals surface area contributed by atoms with Gasteiger partial charge in [-0.2, -0.15) is 0 Å². The lowest BCUT2D eigenvalue weighted by atomic mass is 9.91. The van der Waals surface area contributed by atoms with Crippen molar-refractivity contribution in [3.8, 4) is 11.1 Å². The molecule has 9 rings (SSSR count). The van der Waals surface area contributed by atoms with E-state index < -0.39 is 0 Å². The van der Waals surface area contributed by atoms with E-state index >= 15 is 0 Å². The van der Waals surface area contributed by atoms with Crippen LogP contribution < -0.4 is 10.2 Å². The molecule has 1 unspecified atom stereocenters. The fourth-order valence-electron chi connectivity index (χ4n) is 7.50. The van der Waals surface area contributed by atoms with Crippen LogP contribution in [-0.4, -0.2) is 80.5 Å². The van der Waals surface area contributed by atoms with Gasteiger partial charge in [0.05, 0.1) is 29.2 Å². The van der Waals surface area contributed by atoms with E-state index in [1.807, 2.05) is 35.3 Å². The van der Waals surface area contributed by atoms with Crippen LogP contribution in [-0.2, 0) is 0 Å². The van der Waals surface area contributed by atoms with Crippen LogP contribution in [0.15, 0.2) is 48.8 Å². The fraction of sp³-hybridized carbons (Fsp3) is 0.387. The van der Waals surface area contributed by atoms with E-state index in [1.54, 1.807) is 0 Å². The predicted molar refractivity (Wildman–Crippen MR) is 153 cm³/mol. The zero-order chi connectivity index (χ0) is 27.4. The van der Waals surface area contributed by atoms with Crippen LogP contribution in [0.3, 0.4) is 0 Å². The van der Waals surface area contributed by atoms with E-state index in [-0.39, 0.29) is 30.1 Å². The van der Waals surface area contributed by atoms with E-state index in [2.05, 4.69) is 45.1 Å². The van der Waals surface area contributed by atoms with Crippen molar-refractivity contribution in [1.29, 1.82) is 0 Å². The number of imidazole rings is 1. The maximum absolute atomic E-state index is 13.5. The molecule has 4 aromatic rings. The molecule has 1 saturated carbocycles. The Morgan fingerprint density at radius 1 is 0.976 bits per heavy atom. The van der Waals surface area contributed by atoms with Crippen molar-refractivity contribution in [2.45, 2.75) is 43.3 Å². The minimum absolute atomic E-state index is 0.0257. The first kappa shape index (κ1) is 23.3. The number of hydrogen-bond donors (Lipinski definition) is 1. The van der Waals surface area contributed by atoms with Gasteiger partial charge in [0.25, 0.3) is 5.91 Å². The summed E-state index contributed by atoms with van der Waals surface area (Å²) in [4.78, 5) is 46.0. The van der Waals surface area contributed by atoms with Gasteiger partial charge in [-0.1, -0.05) is 18.2 Å². The van der Waals surface area contributed by atoms with Crippen molar-refractivity contribution in [3.63, 3.8) is 0 Å². The third-order valence-corrected chi connectivity index (χ3v) is 9.77. The molecule has 0 spiro atoms. The van der Waals surface area contributed by atoms with Crippen molar-refractivity contribution in [1.82, 2.24) is 34.6 Å². The molecule has 2 aromatic carbocycles. The summed E-state index contributed by atoms with van der Waals surface area (Å²) in [5.41, 5.74) is 7.40. The van der Waals surface area contributed by atoms with Gasteiger partial charge in [0.1, 0.15) is 5.82 Å². The Labute approximate surface area is 237 Å². The zero-order valence-corrected chi connectivity index (χ0v) is 22.8. The van der Waals surface area contributed by atoms with Crippen molar-refractivity contribution >= 4 is 28.9 Å². The lowest BCUT2D eigenvalue weighted by Crippen LogP contribution is -2.52. The van der Waals surface area contributed by atoms with E-state index in [0.717, 1.165) is 53.1 Å². The second-order valence-electron chi connectivity index (χ2n) is 12.1. The molecule has 1 aliphatic carbocycles. The summed E-state index contributed by atoms with van der Waals surface area (Å²) in [7, 11) is 1.92. The number of anilines is 1. The number of carbonyl (C=O) groups excluding carboxylic acids is 2. The van der Waals surface area contributed by atoms with Gasteiger partial charge in [-0.15, -0.1) is 0 Å². The summed E-state index contributed by atoms with van der Waals surface area (Å²) >= 11 is 0. The highest BCUT2D eigenvalue weighted by molar-refractivity contribution is 5.97. The topological polar surface area (TPSA) is 99.5 Å². The standard InChI is InChI=1S/C31H30N8O2/c1-36-26-12-25(27-21(17-5-6-17)3-2-4-22(27)29(36)40)39-24-11-18(7-8-23(24)35-28(26)39)19-13-32-30(33-14-19)37-9-10-38-20(16-37)15-34-31(38)41/h2-4,7-8,11,13-14,17,20,25-26H,5-6,9-10,12,15-16H2,1H3,(H,34,41)/t20?,25-,26-/m1/s1. The summed E-state index contributed by atoms with van der Waals surface area (Å²) in [5, 5.41) is 2.93. The molecule has 10 heteroatoms.